The van der Waals surface area contributed by atoms with Crippen LogP contribution in [0.4, 0.5) is 0 Å². The van der Waals surface area contributed by atoms with Crippen molar-refractivity contribution in [2.45, 2.75) is 18.9 Å². The lowest BCUT2D eigenvalue weighted by Gasteiger charge is -2.01. The third-order valence-electron chi connectivity index (χ3n) is 1.31. The number of nitrogens with one attached hydrogen (secondary N) is 1. The zero-order valence-corrected chi connectivity index (χ0v) is 5.97. The summed E-state index contributed by atoms with van der Waals surface area (Å²) in [6.45, 7) is 6.08. The van der Waals surface area contributed by atoms with Gasteiger partial charge in [0.15, 0.2) is 0 Å². The highest BCUT2D eigenvalue weighted by atomic mass is 16.3. The van der Waals surface area contributed by atoms with Gasteiger partial charge in [-0.2, -0.15) is 0 Å². The molecule has 1 unspecified atom stereocenters. The first kappa shape index (κ1) is 9.17. The van der Waals surface area contributed by atoms with E-state index >= 15 is 0 Å². The smallest absolute Gasteiger partial charge is 0.220 e. The van der Waals surface area contributed by atoms with E-state index in [-0.39, 0.29) is 18.6 Å². The summed E-state index contributed by atoms with van der Waals surface area (Å²) in [6, 6.07) is 0.0301. The molecule has 3 heteroatoms. The molecule has 0 radical (unpaired) electrons. The molecule has 0 aromatic rings. The second-order valence-electron chi connectivity index (χ2n) is 1.99. The Kier molecular flexibility index (Phi) is 4.58. The third-order valence-corrected chi connectivity index (χ3v) is 1.31. The minimum atomic E-state index is 0.0301. The van der Waals surface area contributed by atoms with Gasteiger partial charge in [-0.25, -0.2) is 0 Å². The first-order valence-corrected chi connectivity index (χ1v) is 3.23. The number of carbonyl (C=O) groups is 1. The molecular formula is C7H13NO2. The Morgan fingerprint density at radius 1 is 1.70 bits per heavy atom. The maximum atomic E-state index is 10.4. The number of rotatable bonds is 1. The van der Waals surface area contributed by atoms with Gasteiger partial charge in [-0.3, -0.25) is 4.79 Å². The second-order valence-corrected chi connectivity index (χ2v) is 1.99. The van der Waals surface area contributed by atoms with Crippen LogP contribution in [-0.4, -0.2) is 23.7 Å². The fourth-order valence-electron chi connectivity index (χ4n) is 0.814. The predicted octanol–water partition coefficient (Wildman–Crippen LogP) is 0.0595. The summed E-state index contributed by atoms with van der Waals surface area (Å²) in [5, 5.41) is 11.1. The van der Waals surface area contributed by atoms with E-state index in [0.717, 1.165) is 6.42 Å². The van der Waals surface area contributed by atoms with Crippen molar-refractivity contribution in [3.8, 4) is 0 Å². The molecule has 0 aromatic heterocycles. The maximum Gasteiger partial charge on any atom is 0.220 e. The highest BCUT2D eigenvalue weighted by molar-refractivity contribution is 5.78. The lowest BCUT2D eigenvalue weighted by molar-refractivity contribution is -0.119. The van der Waals surface area contributed by atoms with Crippen molar-refractivity contribution in [1.82, 2.24) is 5.32 Å². The lowest BCUT2D eigenvalue weighted by Crippen LogP contribution is -2.28. The maximum absolute atomic E-state index is 10.4. The monoisotopic (exact) mass is 143 g/mol. The number of carbonyl (C=O) groups excluding carboxylic acids is 1. The fourth-order valence-corrected chi connectivity index (χ4v) is 0.814. The van der Waals surface area contributed by atoms with E-state index in [1.54, 1.807) is 0 Å². The van der Waals surface area contributed by atoms with Gasteiger partial charge in [0, 0.05) is 6.42 Å². The summed E-state index contributed by atoms with van der Waals surface area (Å²) in [6.07, 6.45) is 1.36. The van der Waals surface area contributed by atoms with Crippen LogP contribution in [0.5, 0.6) is 0 Å². The van der Waals surface area contributed by atoms with E-state index < -0.39 is 0 Å². The molecule has 1 fully saturated rings. The quantitative estimate of drug-likeness (QED) is 0.510. The Hall–Kier alpha value is -0.830. The first-order chi connectivity index (χ1) is 4.83. The van der Waals surface area contributed by atoms with Crippen LogP contribution in [0.3, 0.4) is 0 Å². The van der Waals surface area contributed by atoms with E-state index in [1.165, 1.54) is 0 Å². The Morgan fingerprint density at radius 3 is 2.50 bits per heavy atom. The molecule has 1 aliphatic heterocycles. The average Bonchev–Trinajstić information content (AvgIpc) is 2.40. The highest BCUT2D eigenvalue weighted by Gasteiger charge is 2.18. The van der Waals surface area contributed by atoms with Crippen molar-refractivity contribution in [1.29, 1.82) is 0 Å². The van der Waals surface area contributed by atoms with Crippen molar-refractivity contribution in [3.63, 3.8) is 0 Å². The standard InChI is InChI=1S/C5H9NO2.C2H4/c7-3-4-1-2-5(8)6-4;1-2/h4,7H,1-3H2,(H,6,8);1-2H2. The molecule has 1 heterocycles. The molecule has 0 bridgehead atoms. The van der Waals surface area contributed by atoms with Crippen molar-refractivity contribution in [3.05, 3.63) is 13.2 Å². The van der Waals surface area contributed by atoms with Gasteiger partial charge in [0.05, 0.1) is 12.6 Å². The topological polar surface area (TPSA) is 49.3 Å². The van der Waals surface area contributed by atoms with Crippen molar-refractivity contribution < 1.29 is 9.90 Å². The zero-order chi connectivity index (χ0) is 7.98. The van der Waals surface area contributed by atoms with Crippen molar-refractivity contribution >= 4 is 5.91 Å². The summed E-state index contributed by atoms with van der Waals surface area (Å²) in [5.74, 6) is 0.0593. The number of amides is 1. The number of aliphatic hydroxyl groups excluding tert-OH is 1. The van der Waals surface area contributed by atoms with Crippen LogP contribution in [0.25, 0.3) is 0 Å². The molecule has 3 nitrogen and oxygen atoms in total. The number of hydrogen-bond acceptors (Lipinski definition) is 2. The summed E-state index contributed by atoms with van der Waals surface area (Å²) < 4.78 is 0. The van der Waals surface area contributed by atoms with Crippen LogP contribution < -0.4 is 5.32 Å². The molecule has 2 N–H and O–H groups in total. The molecule has 1 atom stereocenters. The van der Waals surface area contributed by atoms with Gasteiger partial charge in [0.25, 0.3) is 0 Å². The van der Waals surface area contributed by atoms with Gasteiger partial charge in [-0.15, -0.1) is 13.2 Å². The fraction of sp³-hybridized carbons (Fsp3) is 0.571. The lowest BCUT2D eigenvalue weighted by atomic mass is 10.2. The number of aliphatic hydroxyl groups is 1. The third kappa shape index (κ3) is 2.64. The summed E-state index contributed by atoms with van der Waals surface area (Å²) in [4.78, 5) is 10.4. The van der Waals surface area contributed by atoms with Gasteiger partial charge < -0.3 is 10.4 Å². The van der Waals surface area contributed by atoms with E-state index in [9.17, 15) is 4.79 Å². The Balaban J connectivity index is 0.000000371. The van der Waals surface area contributed by atoms with Gasteiger partial charge in [-0.1, -0.05) is 0 Å². The molecule has 0 aliphatic carbocycles. The first-order valence-electron chi connectivity index (χ1n) is 3.23. The van der Waals surface area contributed by atoms with Crippen LogP contribution in [-0.2, 0) is 4.79 Å². The second kappa shape index (κ2) is 4.99. The average molecular weight is 143 g/mol. The van der Waals surface area contributed by atoms with E-state index in [0.29, 0.717) is 6.42 Å². The van der Waals surface area contributed by atoms with E-state index in [2.05, 4.69) is 18.5 Å². The minimum absolute atomic E-state index is 0.0301. The predicted molar refractivity (Wildman–Crippen MR) is 39.5 cm³/mol. The molecule has 10 heavy (non-hydrogen) atoms. The SMILES string of the molecule is C=C.O=C1CCC(CO)N1. The Labute approximate surface area is 60.7 Å². The van der Waals surface area contributed by atoms with Gasteiger partial charge in [-0.05, 0) is 6.42 Å². The molecule has 1 rings (SSSR count). The summed E-state index contributed by atoms with van der Waals surface area (Å²) in [7, 11) is 0. The van der Waals surface area contributed by atoms with E-state index in [1.807, 2.05) is 0 Å². The van der Waals surface area contributed by atoms with E-state index in [4.69, 9.17) is 5.11 Å². The Morgan fingerprint density at radius 2 is 2.30 bits per heavy atom. The van der Waals surface area contributed by atoms with Gasteiger partial charge in [0.1, 0.15) is 0 Å². The van der Waals surface area contributed by atoms with Crippen molar-refractivity contribution in [2.24, 2.45) is 0 Å². The molecule has 1 saturated heterocycles. The largest absolute Gasteiger partial charge is 0.394 e. The summed E-state index contributed by atoms with van der Waals surface area (Å²) in [5.41, 5.74) is 0. The molecule has 0 aromatic carbocycles. The molecule has 58 valence electrons. The van der Waals surface area contributed by atoms with Gasteiger partial charge in [0.2, 0.25) is 5.91 Å². The highest BCUT2D eigenvalue weighted by Crippen LogP contribution is 2.04. The molecule has 1 amide bonds. The molecule has 0 spiro atoms. The van der Waals surface area contributed by atoms with Crippen LogP contribution in [0.15, 0.2) is 13.2 Å². The minimum Gasteiger partial charge on any atom is -0.394 e. The molecule has 1 aliphatic rings. The van der Waals surface area contributed by atoms with Crippen LogP contribution in [0, 0.1) is 0 Å². The summed E-state index contributed by atoms with van der Waals surface area (Å²) >= 11 is 0. The van der Waals surface area contributed by atoms with Crippen LogP contribution in [0.2, 0.25) is 0 Å². The van der Waals surface area contributed by atoms with Gasteiger partial charge >= 0.3 is 0 Å². The normalized spacial score (nSPS) is 22.9. The van der Waals surface area contributed by atoms with Crippen molar-refractivity contribution in [2.75, 3.05) is 6.61 Å². The molecule has 0 saturated carbocycles. The van der Waals surface area contributed by atoms with Crippen LogP contribution >= 0.6 is 0 Å². The van der Waals surface area contributed by atoms with Crippen LogP contribution in [0.1, 0.15) is 12.8 Å². The number of hydrogen-bond donors (Lipinski definition) is 2. The zero-order valence-electron chi connectivity index (χ0n) is 5.97. The Bertz CT molecular complexity index is 114. The molecular weight excluding hydrogens is 130 g/mol.